The minimum absolute atomic E-state index is 0. The molecule has 3 nitrogen and oxygen atoms in total. The average molecular weight is 312 g/mol. The number of likely N-dealkylation sites (tertiary alicyclic amines) is 1. The van der Waals surface area contributed by atoms with Gasteiger partial charge in [-0.1, -0.05) is 43.7 Å². The number of hydrogen-bond donors (Lipinski definition) is 0. The Bertz CT molecular complexity index is 418. The van der Waals surface area contributed by atoms with Crippen molar-refractivity contribution < 1.29 is 9.53 Å². The first kappa shape index (κ1) is 18.0. The highest BCUT2D eigenvalue weighted by Crippen LogP contribution is 2.26. The maximum Gasteiger partial charge on any atom is 0.328 e. The Hall–Kier alpha value is -1.06. The topological polar surface area (TPSA) is 29.5 Å². The summed E-state index contributed by atoms with van der Waals surface area (Å²) in [6.07, 6.45) is 4.43. The molecular formula is C17H26ClNO2. The highest BCUT2D eigenvalue weighted by atomic mass is 35.5. The number of esters is 1. The summed E-state index contributed by atoms with van der Waals surface area (Å²) in [4.78, 5) is 14.8. The van der Waals surface area contributed by atoms with Crippen molar-refractivity contribution in [2.45, 2.75) is 51.7 Å². The molecule has 1 aliphatic rings. The summed E-state index contributed by atoms with van der Waals surface area (Å²) in [5.41, 5.74) is 1.04. The van der Waals surface area contributed by atoms with Crippen molar-refractivity contribution in [2.75, 3.05) is 13.1 Å². The Labute approximate surface area is 134 Å². The van der Waals surface area contributed by atoms with Crippen LogP contribution in [0.3, 0.4) is 0 Å². The van der Waals surface area contributed by atoms with Gasteiger partial charge in [0, 0.05) is 0 Å². The van der Waals surface area contributed by atoms with E-state index in [1.165, 1.54) is 19.3 Å². The molecule has 4 heteroatoms. The largest absolute Gasteiger partial charge is 0.461 e. The number of ether oxygens (including phenoxy) is 1. The van der Waals surface area contributed by atoms with Crippen LogP contribution in [-0.2, 0) is 9.53 Å². The van der Waals surface area contributed by atoms with Gasteiger partial charge in [-0.3, -0.25) is 4.90 Å². The molecule has 1 aromatic carbocycles. The van der Waals surface area contributed by atoms with Crippen molar-refractivity contribution >= 4 is 18.4 Å². The molecule has 2 atom stereocenters. The summed E-state index contributed by atoms with van der Waals surface area (Å²) in [7, 11) is 0. The van der Waals surface area contributed by atoms with E-state index in [0.717, 1.165) is 25.1 Å². The van der Waals surface area contributed by atoms with Crippen LogP contribution < -0.4 is 0 Å². The first-order valence-corrected chi connectivity index (χ1v) is 7.72. The molecule has 1 fully saturated rings. The van der Waals surface area contributed by atoms with Gasteiger partial charge in [-0.15, -0.1) is 12.4 Å². The normalized spacial score (nSPS) is 18.4. The van der Waals surface area contributed by atoms with Crippen molar-refractivity contribution in [1.29, 1.82) is 0 Å². The van der Waals surface area contributed by atoms with E-state index >= 15 is 0 Å². The fourth-order valence-corrected chi connectivity index (χ4v) is 2.65. The molecule has 0 N–H and O–H groups in total. The zero-order chi connectivity index (χ0) is 14.4. The predicted octanol–water partition coefficient (Wildman–Crippen LogP) is 3.98. The lowest BCUT2D eigenvalue weighted by molar-refractivity contribution is -0.155. The van der Waals surface area contributed by atoms with Crippen LogP contribution in [-0.4, -0.2) is 30.1 Å². The second-order valence-corrected chi connectivity index (χ2v) is 5.57. The van der Waals surface area contributed by atoms with Crippen LogP contribution in [0.5, 0.6) is 0 Å². The maximum atomic E-state index is 12.5. The third-order valence-corrected chi connectivity index (χ3v) is 3.99. The Morgan fingerprint density at radius 3 is 2.38 bits per heavy atom. The third-order valence-electron chi connectivity index (χ3n) is 3.99. The number of carbonyl (C=O) groups is 1. The van der Waals surface area contributed by atoms with Gasteiger partial charge < -0.3 is 4.74 Å². The number of rotatable bonds is 5. The van der Waals surface area contributed by atoms with Crippen LogP contribution >= 0.6 is 12.4 Å². The van der Waals surface area contributed by atoms with E-state index in [-0.39, 0.29) is 30.5 Å². The number of hydrogen-bond acceptors (Lipinski definition) is 3. The predicted molar refractivity (Wildman–Crippen MR) is 87.7 cm³/mol. The van der Waals surface area contributed by atoms with Gasteiger partial charge >= 0.3 is 5.97 Å². The molecule has 0 aromatic heterocycles. The molecule has 0 radical (unpaired) electrons. The molecular weight excluding hydrogens is 286 g/mol. The van der Waals surface area contributed by atoms with Crippen molar-refractivity contribution in [3.05, 3.63) is 35.9 Å². The van der Waals surface area contributed by atoms with Crippen molar-refractivity contribution in [2.24, 2.45) is 0 Å². The highest BCUT2D eigenvalue weighted by Gasteiger charge is 2.30. The SMILES string of the molecule is CCC(C)OC(=O)C(c1ccccc1)N1CCCCC1.Cl. The molecule has 0 amide bonds. The Morgan fingerprint density at radius 1 is 1.19 bits per heavy atom. The summed E-state index contributed by atoms with van der Waals surface area (Å²) in [5.74, 6) is -0.104. The number of halogens is 1. The molecule has 118 valence electrons. The Morgan fingerprint density at radius 2 is 1.81 bits per heavy atom. The van der Waals surface area contributed by atoms with E-state index < -0.39 is 0 Å². The monoisotopic (exact) mass is 311 g/mol. The summed E-state index contributed by atoms with van der Waals surface area (Å²) < 4.78 is 5.59. The Kier molecular flexibility index (Phi) is 7.76. The molecule has 21 heavy (non-hydrogen) atoms. The van der Waals surface area contributed by atoms with Crippen LogP contribution in [0.25, 0.3) is 0 Å². The van der Waals surface area contributed by atoms with Gasteiger partial charge in [0.15, 0.2) is 0 Å². The number of benzene rings is 1. The van der Waals surface area contributed by atoms with E-state index in [4.69, 9.17) is 4.74 Å². The van der Waals surface area contributed by atoms with Gasteiger partial charge in [0.2, 0.25) is 0 Å². The van der Waals surface area contributed by atoms with E-state index in [9.17, 15) is 4.79 Å². The van der Waals surface area contributed by atoms with E-state index in [0.29, 0.717) is 0 Å². The molecule has 0 aliphatic carbocycles. The van der Waals surface area contributed by atoms with Crippen LogP contribution in [0.1, 0.15) is 51.1 Å². The fourth-order valence-electron chi connectivity index (χ4n) is 2.65. The first-order chi connectivity index (χ1) is 9.72. The molecule has 0 spiro atoms. The number of nitrogens with zero attached hydrogens (tertiary/aromatic N) is 1. The van der Waals surface area contributed by atoms with Crippen molar-refractivity contribution in [1.82, 2.24) is 4.90 Å². The summed E-state index contributed by atoms with van der Waals surface area (Å²) in [6, 6.07) is 9.77. The quantitative estimate of drug-likeness (QED) is 0.770. The standard InChI is InChI=1S/C17H25NO2.ClH/c1-3-14(2)20-17(19)16(15-10-6-4-7-11-15)18-12-8-5-9-13-18;/h4,6-7,10-11,14,16H,3,5,8-9,12-13H2,1-2H3;1H. The minimum atomic E-state index is -0.245. The molecule has 2 rings (SSSR count). The molecule has 0 saturated carbocycles. The molecule has 2 unspecified atom stereocenters. The number of piperidine rings is 1. The summed E-state index contributed by atoms with van der Waals surface area (Å²) in [5, 5.41) is 0. The van der Waals surface area contributed by atoms with Crippen LogP contribution in [0.15, 0.2) is 30.3 Å². The molecule has 1 aliphatic heterocycles. The lowest BCUT2D eigenvalue weighted by Gasteiger charge is -2.33. The molecule has 1 heterocycles. The molecule has 1 aromatic rings. The lowest BCUT2D eigenvalue weighted by Crippen LogP contribution is -2.39. The highest BCUT2D eigenvalue weighted by molar-refractivity contribution is 5.85. The zero-order valence-electron chi connectivity index (χ0n) is 13.0. The van der Waals surface area contributed by atoms with Crippen LogP contribution in [0, 0.1) is 0 Å². The zero-order valence-corrected chi connectivity index (χ0v) is 13.8. The fraction of sp³-hybridized carbons (Fsp3) is 0.588. The van der Waals surface area contributed by atoms with E-state index in [1.807, 2.05) is 44.2 Å². The summed E-state index contributed by atoms with van der Waals surface area (Å²) in [6.45, 7) is 5.96. The molecule has 0 bridgehead atoms. The Balaban J connectivity index is 0.00000220. The van der Waals surface area contributed by atoms with Crippen LogP contribution in [0.4, 0.5) is 0 Å². The van der Waals surface area contributed by atoms with Crippen LogP contribution in [0.2, 0.25) is 0 Å². The third kappa shape index (κ3) is 5.01. The van der Waals surface area contributed by atoms with Gasteiger partial charge in [0.1, 0.15) is 6.04 Å². The van der Waals surface area contributed by atoms with Gasteiger partial charge in [0.25, 0.3) is 0 Å². The van der Waals surface area contributed by atoms with Gasteiger partial charge in [-0.05, 0) is 44.8 Å². The summed E-state index contributed by atoms with van der Waals surface area (Å²) >= 11 is 0. The van der Waals surface area contributed by atoms with E-state index in [2.05, 4.69) is 4.90 Å². The van der Waals surface area contributed by atoms with Gasteiger partial charge in [0.05, 0.1) is 6.10 Å². The second-order valence-electron chi connectivity index (χ2n) is 5.57. The lowest BCUT2D eigenvalue weighted by atomic mass is 10.0. The smallest absolute Gasteiger partial charge is 0.328 e. The number of carbonyl (C=O) groups excluding carboxylic acids is 1. The van der Waals surface area contributed by atoms with Gasteiger partial charge in [-0.25, -0.2) is 4.79 Å². The second kappa shape index (κ2) is 9.06. The van der Waals surface area contributed by atoms with Crippen molar-refractivity contribution in [3.8, 4) is 0 Å². The first-order valence-electron chi connectivity index (χ1n) is 7.72. The molecule has 1 saturated heterocycles. The van der Waals surface area contributed by atoms with E-state index in [1.54, 1.807) is 0 Å². The average Bonchev–Trinajstić information content (AvgIpc) is 2.49. The van der Waals surface area contributed by atoms with Crippen molar-refractivity contribution in [3.63, 3.8) is 0 Å². The minimum Gasteiger partial charge on any atom is -0.461 e. The maximum absolute atomic E-state index is 12.5. The van der Waals surface area contributed by atoms with Gasteiger partial charge in [-0.2, -0.15) is 0 Å².